The molecule has 22 heavy (non-hydrogen) atoms. The fourth-order valence-corrected chi connectivity index (χ4v) is 2.71. The minimum absolute atomic E-state index is 0.172. The number of hydrogen-bond donors (Lipinski definition) is 0. The van der Waals surface area contributed by atoms with Crippen molar-refractivity contribution in [3.63, 3.8) is 0 Å². The third-order valence-electron chi connectivity index (χ3n) is 3.92. The molecule has 1 fully saturated rings. The maximum absolute atomic E-state index is 12.3. The van der Waals surface area contributed by atoms with Crippen LogP contribution in [0.25, 0.3) is 0 Å². The molecule has 2 aromatic rings. The summed E-state index contributed by atoms with van der Waals surface area (Å²) in [6.07, 6.45) is 2.97. The van der Waals surface area contributed by atoms with Crippen molar-refractivity contribution < 1.29 is 4.79 Å². The molecule has 1 aliphatic heterocycles. The quantitative estimate of drug-likeness (QED) is 0.835. The van der Waals surface area contributed by atoms with E-state index in [1.807, 2.05) is 11.0 Å². The van der Waals surface area contributed by atoms with Gasteiger partial charge in [0.25, 0.3) is 0 Å². The first-order chi connectivity index (χ1) is 10.8. The Morgan fingerprint density at radius 2 is 1.95 bits per heavy atom. The van der Waals surface area contributed by atoms with Gasteiger partial charge >= 0.3 is 0 Å². The molecule has 0 aliphatic carbocycles. The molecule has 0 unspecified atom stereocenters. The molecule has 1 aliphatic rings. The smallest absolute Gasteiger partial charge is 0.224 e. The fourth-order valence-electron chi connectivity index (χ4n) is 2.71. The number of para-hydroxylation sites is 1. The Balaban J connectivity index is 1.52. The minimum atomic E-state index is 0.172. The molecule has 0 bridgehead atoms. The van der Waals surface area contributed by atoms with Crippen LogP contribution in [0.4, 0.5) is 5.69 Å². The lowest BCUT2D eigenvalue weighted by atomic mass is 10.3. The molecule has 0 spiro atoms. The molecule has 2 heterocycles. The number of aromatic nitrogens is 4. The van der Waals surface area contributed by atoms with E-state index in [0.29, 0.717) is 13.0 Å². The zero-order chi connectivity index (χ0) is 15.2. The molecule has 3 rings (SSSR count). The Hall–Kier alpha value is -2.44. The maximum Gasteiger partial charge on any atom is 0.224 e. The summed E-state index contributed by atoms with van der Waals surface area (Å²) >= 11 is 0. The third kappa shape index (κ3) is 3.60. The normalized spacial score (nSPS) is 15.6. The Labute approximate surface area is 129 Å². The largest absolute Gasteiger partial charge is 0.370 e. The second-order valence-corrected chi connectivity index (χ2v) is 5.38. The van der Waals surface area contributed by atoms with Crippen molar-refractivity contribution in [1.82, 2.24) is 25.1 Å². The van der Waals surface area contributed by atoms with Gasteiger partial charge in [0.1, 0.15) is 6.33 Å². The number of amides is 1. The number of tetrazole rings is 1. The number of aryl methyl sites for hydroxylation is 1. The first kappa shape index (κ1) is 14.5. The van der Waals surface area contributed by atoms with E-state index in [1.165, 1.54) is 12.0 Å². The van der Waals surface area contributed by atoms with Crippen LogP contribution in [0.15, 0.2) is 36.7 Å². The van der Waals surface area contributed by atoms with Crippen LogP contribution in [0.5, 0.6) is 0 Å². The van der Waals surface area contributed by atoms with E-state index < -0.39 is 0 Å². The van der Waals surface area contributed by atoms with Gasteiger partial charge in [-0.05, 0) is 29.0 Å². The third-order valence-corrected chi connectivity index (χ3v) is 3.92. The first-order valence-corrected chi connectivity index (χ1v) is 7.61. The van der Waals surface area contributed by atoms with Crippen molar-refractivity contribution in [1.29, 1.82) is 0 Å². The lowest BCUT2D eigenvalue weighted by molar-refractivity contribution is -0.131. The Kier molecular flexibility index (Phi) is 4.62. The number of nitrogens with zero attached hydrogens (tertiary/aromatic N) is 6. The second-order valence-electron chi connectivity index (χ2n) is 5.38. The molecule has 7 nitrogen and oxygen atoms in total. The van der Waals surface area contributed by atoms with Gasteiger partial charge in [-0.2, -0.15) is 0 Å². The van der Waals surface area contributed by atoms with Gasteiger partial charge in [0.15, 0.2) is 0 Å². The Morgan fingerprint density at radius 1 is 1.09 bits per heavy atom. The van der Waals surface area contributed by atoms with E-state index in [9.17, 15) is 4.79 Å². The summed E-state index contributed by atoms with van der Waals surface area (Å²) in [5.74, 6) is 0.172. The van der Waals surface area contributed by atoms with E-state index in [2.05, 4.69) is 44.7 Å². The van der Waals surface area contributed by atoms with E-state index in [1.54, 1.807) is 4.68 Å². The van der Waals surface area contributed by atoms with Crippen molar-refractivity contribution in [3.8, 4) is 0 Å². The molecule has 1 aromatic heterocycles. The number of carbonyl (C=O) groups excluding carboxylic acids is 1. The van der Waals surface area contributed by atoms with Gasteiger partial charge in [-0.25, -0.2) is 4.68 Å². The molecule has 0 atom stereocenters. The van der Waals surface area contributed by atoms with Crippen molar-refractivity contribution in [3.05, 3.63) is 36.7 Å². The van der Waals surface area contributed by atoms with Crippen LogP contribution in [0.3, 0.4) is 0 Å². The highest BCUT2D eigenvalue weighted by Gasteiger charge is 2.19. The fraction of sp³-hybridized carbons (Fsp3) is 0.467. The van der Waals surface area contributed by atoms with Crippen LogP contribution in [0.2, 0.25) is 0 Å². The highest BCUT2D eigenvalue weighted by Crippen LogP contribution is 2.16. The maximum atomic E-state index is 12.3. The van der Waals surface area contributed by atoms with Gasteiger partial charge in [-0.1, -0.05) is 18.2 Å². The number of carbonyl (C=O) groups is 1. The summed E-state index contributed by atoms with van der Waals surface area (Å²) in [4.78, 5) is 16.6. The van der Waals surface area contributed by atoms with Crippen LogP contribution >= 0.6 is 0 Å². The lowest BCUT2D eigenvalue weighted by Gasteiger charge is -2.23. The highest BCUT2D eigenvalue weighted by molar-refractivity contribution is 5.76. The number of hydrogen-bond acceptors (Lipinski definition) is 5. The van der Waals surface area contributed by atoms with Gasteiger partial charge in [0.2, 0.25) is 5.91 Å². The van der Waals surface area contributed by atoms with Crippen LogP contribution in [0, 0.1) is 0 Å². The molecule has 7 heteroatoms. The summed E-state index contributed by atoms with van der Waals surface area (Å²) in [6, 6.07) is 10.4. The molecule has 0 saturated carbocycles. The van der Waals surface area contributed by atoms with Crippen molar-refractivity contribution >= 4 is 11.6 Å². The first-order valence-electron chi connectivity index (χ1n) is 7.61. The van der Waals surface area contributed by atoms with E-state index in [-0.39, 0.29) is 5.91 Å². The van der Waals surface area contributed by atoms with E-state index in [0.717, 1.165) is 32.6 Å². The van der Waals surface area contributed by atoms with E-state index >= 15 is 0 Å². The Bertz CT molecular complexity index is 585. The zero-order valence-corrected chi connectivity index (χ0v) is 12.5. The van der Waals surface area contributed by atoms with E-state index in [4.69, 9.17) is 0 Å². The van der Waals surface area contributed by atoms with Crippen molar-refractivity contribution in [2.24, 2.45) is 0 Å². The van der Waals surface area contributed by atoms with Gasteiger partial charge in [-0.15, -0.1) is 5.10 Å². The molecule has 0 radical (unpaired) electrons. The summed E-state index contributed by atoms with van der Waals surface area (Å²) in [7, 11) is 0. The van der Waals surface area contributed by atoms with Crippen LogP contribution in [-0.2, 0) is 11.3 Å². The summed E-state index contributed by atoms with van der Waals surface area (Å²) in [6.45, 7) is 3.98. The topological polar surface area (TPSA) is 67.2 Å². The van der Waals surface area contributed by atoms with Crippen LogP contribution < -0.4 is 4.90 Å². The SMILES string of the molecule is O=C(CCn1cnnn1)N1CCCN(c2ccccc2)CC1. The summed E-state index contributed by atoms with van der Waals surface area (Å²) < 4.78 is 1.59. The molecule has 1 amide bonds. The van der Waals surface area contributed by atoms with Gasteiger partial charge in [0.05, 0.1) is 6.54 Å². The standard InChI is InChI=1S/C15H20N6O/c22-15(7-10-21-13-16-17-18-21)20-9-4-8-19(11-12-20)14-5-2-1-3-6-14/h1-3,5-6,13H,4,7-12H2. The average molecular weight is 300 g/mol. The van der Waals surface area contributed by atoms with Crippen molar-refractivity contribution in [2.75, 3.05) is 31.1 Å². The molecular weight excluding hydrogens is 280 g/mol. The highest BCUT2D eigenvalue weighted by atomic mass is 16.2. The molecule has 0 N–H and O–H groups in total. The van der Waals surface area contributed by atoms with Crippen molar-refractivity contribution in [2.45, 2.75) is 19.4 Å². The van der Waals surface area contributed by atoms with Gasteiger partial charge in [0, 0.05) is 38.3 Å². The minimum Gasteiger partial charge on any atom is -0.370 e. The second kappa shape index (κ2) is 7.02. The molecular formula is C15H20N6O. The number of anilines is 1. The van der Waals surface area contributed by atoms with Gasteiger partial charge in [-0.3, -0.25) is 4.79 Å². The average Bonchev–Trinajstić information content (AvgIpc) is 2.96. The monoisotopic (exact) mass is 300 g/mol. The van der Waals surface area contributed by atoms with Crippen LogP contribution in [0.1, 0.15) is 12.8 Å². The lowest BCUT2D eigenvalue weighted by Crippen LogP contribution is -2.35. The number of benzene rings is 1. The Morgan fingerprint density at radius 3 is 2.73 bits per heavy atom. The predicted molar refractivity (Wildman–Crippen MR) is 82.3 cm³/mol. The molecule has 1 aromatic carbocycles. The number of rotatable bonds is 4. The summed E-state index contributed by atoms with van der Waals surface area (Å²) in [5, 5.41) is 10.9. The van der Waals surface area contributed by atoms with Gasteiger partial charge < -0.3 is 9.80 Å². The molecule has 116 valence electrons. The van der Waals surface area contributed by atoms with Crippen LogP contribution in [-0.4, -0.2) is 57.2 Å². The summed E-state index contributed by atoms with van der Waals surface area (Å²) in [5.41, 5.74) is 1.23. The predicted octanol–water partition coefficient (Wildman–Crippen LogP) is 0.802. The zero-order valence-electron chi connectivity index (χ0n) is 12.5. The molecule has 1 saturated heterocycles.